The van der Waals surface area contributed by atoms with Gasteiger partial charge < -0.3 is 14.4 Å². The third-order valence-corrected chi connectivity index (χ3v) is 4.97. The van der Waals surface area contributed by atoms with Crippen molar-refractivity contribution in [3.8, 4) is 0 Å². The summed E-state index contributed by atoms with van der Waals surface area (Å²) in [5.41, 5.74) is 0. The van der Waals surface area contributed by atoms with E-state index in [1.54, 1.807) is 25.6 Å². The van der Waals surface area contributed by atoms with Gasteiger partial charge in [-0.1, -0.05) is 0 Å². The number of amides is 1. The molecule has 21 heavy (non-hydrogen) atoms. The van der Waals surface area contributed by atoms with Crippen LogP contribution in [-0.2, 0) is 16.1 Å². The molecule has 1 fully saturated rings. The first-order valence-corrected chi connectivity index (χ1v) is 8.42. The molecule has 0 spiro atoms. The van der Waals surface area contributed by atoms with Crippen molar-refractivity contribution in [2.75, 3.05) is 33.9 Å². The van der Waals surface area contributed by atoms with E-state index in [2.05, 4.69) is 0 Å². The van der Waals surface area contributed by atoms with Crippen LogP contribution in [0.5, 0.6) is 0 Å². The predicted octanol–water partition coefficient (Wildman–Crippen LogP) is 3.17. The van der Waals surface area contributed by atoms with Crippen LogP contribution in [0.15, 0.2) is 12.1 Å². The normalized spacial score (nSPS) is 19.0. The lowest BCUT2D eigenvalue weighted by Gasteiger charge is -2.32. The van der Waals surface area contributed by atoms with Crippen molar-refractivity contribution >= 4 is 17.2 Å². The summed E-state index contributed by atoms with van der Waals surface area (Å²) in [6.45, 7) is 3.17. The van der Waals surface area contributed by atoms with Crippen LogP contribution in [0.2, 0.25) is 0 Å². The van der Waals surface area contributed by atoms with Crippen LogP contribution >= 0.6 is 11.3 Å². The van der Waals surface area contributed by atoms with Gasteiger partial charge in [0.15, 0.2) is 0 Å². The predicted molar refractivity (Wildman–Crippen MR) is 84.8 cm³/mol. The van der Waals surface area contributed by atoms with Crippen LogP contribution in [0, 0.1) is 5.92 Å². The molecule has 118 valence electrons. The molecule has 0 aliphatic carbocycles. The van der Waals surface area contributed by atoms with Crippen LogP contribution in [-0.4, -0.2) is 44.7 Å². The van der Waals surface area contributed by atoms with Gasteiger partial charge in [0.1, 0.15) is 0 Å². The molecule has 1 aliphatic heterocycles. The summed E-state index contributed by atoms with van der Waals surface area (Å²) >= 11 is 1.55. The van der Waals surface area contributed by atoms with Gasteiger partial charge in [0.2, 0.25) is 0 Å². The molecule has 1 aliphatic rings. The smallest absolute Gasteiger partial charge is 0.263 e. The molecule has 4 nitrogen and oxygen atoms in total. The van der Waals surface area contributed by atoms with Crippen molar-refractivity contribution in [1.82, 2.24) is 4.90 Å². The van der Waals surface area contributed by atoms with Gasteiger partial charge in [-0.15, -0.1) is 11.3 Å². The fourth-order valence-corrected chi connectivity index (χ4v) is 3.82. The zero-order chi connectivity index (χ0) is 15.1. The lowest BCUT2D eigenvalue weighted by molar-refractivity contribution is 0.0665. The Morgan fingerprint density at radius 3 is 3.00 bits per heavy atom. The third-order valence-electron chi connectivity index (χ3n) is 3.93. The van der Waals surface area contributed by atoms with E-state index < -0.39 is 0 Å². The largest absolute Gasteiger partial charge is 0.385 e. The Labute approximate surface area is 131 Å². The van der Waals surface area contributed by atoms with E-state index in [-0.39, 0.29) is 5.91 Å². The molecule has 5 heteroatoms. The number of ether oxygens (including phenoxy) is 2. The molecule has 1 aromatic rings. The molecule has 2 rings (SSSR count). The molecule has 1 aromatic heterocycles. The van der Waals surface area contributed by atoms with E-state index in [1.807, 2.05) is 17.0 Å². The zero-order valence-electron chi connectivity index (χ0n) is 13.0. The van der Waals surface area contributed by atoms with Crippen LogP contribution < -0.4 is 0 Å². The highest BCUT2D eigenvalue weighted by Crippen LogP contribution is 2.25. The maximum Gasteiger partial charge on any atom is 0.263 e. The minimum absolute atomic E-state index is 0.179. The summed E-state index contributed by atoms with van der Waals surface area (Å²) in [5.74, 6) is 0.801. The number of hydrogen-bond acceptors (Lipinski definition) is 4. The molecule has 1 saturated heterocycles. The van der Waals surface area contributed by atoms with Crippen molar-refractivity contribution in [1.29, 1.82) is 0 Å². The molecule has 0 radical (unpaired) electrons. The maximum atomic E-state index is 12.6. The summed E-state index contributed by atoms with van der Waals surface area (Å²) in [4.78, 5) is 16.5. The van der Waals surface area contributed by atoms with Gasteiger partial charge >= 0.3 is 0 Å². The second-order valence-electron chi connectivity index (χ2n) is 5.59. The van der Waals surface area contributed by atoms with Gasteiger partial charge in [0.25, 0.3) is 5.91 Å². The van der Waals surface area contributed by atoms with Crippen molar-refractivity contribution in [2.24, 2.45) is 5.92 Å². The molecule has 0 unspecified atom stereocenters. The summed E-state index contributed by atoms with van der Waals surface area (Å²) in [5, 5.41) is 0. The number of rotatable bonds is 7. The lowest BCUT2D eigenvalue weighted by atomic mass is 9.93. The number of thiophene rings is 1. The quantitative estimate of drug-likeness (QED) is 0.726. The lowest BCUT2D eigenvalue weighted by Crippen LogP contribution is -2.39. The molecule has 0 saturated carbocycles. The summed E-state index contributed by atoms with van der Waals surface area (Å²) in [6, 6.07) is 3.91. The molecule has 0 bridgehead atoms. The summed E-state index contributed by atoms with van der Waals surface area (Å²) in [6.07, 6.45) is 4.57. The van der Waals surface area contributed by atoms with Crippen molar-refractivity contribution in [2.45, 2.75) is 32.3 Å². The van der Waals surface area contributed by atoms with Gasteiger partial charge in [-0.2, -0.15) is 0 Å². The van der Waals surface area contributed by atoms with E-state index in [1.165, 1.54) is 6.42 Å². The third kappa shape index (κ3) is 4.80. The van der Waals surface area contributed by atoms with Gasteiger partial charge in [-0.05, 0) is 43.7 Å². The molecule has 1 amide bonds. The second kappa shape index (κ2) is 8.51. The monoisotopic (exact) mass is 311 g/mol. The number of hydrogen-bond donors (Lipinski definition) is 0. The highest BCUT2D eigenvalue weighted by atomic mass is 32.1. The highest BCUT2D eigenvalue weighted by Gasteiger charge is 2.25. The number of piperidine rings is 1. The number of methoxy groups -OCH3 is 2. The molecule has 0 N–H and O–H groups in total. The van der Waals surface area contributed by atoms with E-state index in [9.17, 15) is 4.79 Å². The topological polar surface area (TPSA) is 38.8 Å². The minimum atomic E-state index is 0.179. The van der Waals surface area contributed by atoms with Gasteiger partial charge in [0, 0.05) is 38.8 Å². The van der Waals surface area contributed by atoms with E-state index in [0.29, 0.717) is 12.5 Å². The van der Waals surface area contributed by atoms with Gasteiger partial charge in [0.05, 0.1) is 11.5 Å². The van der Waals surface area contributed by atoms with Crippen molar-refractivity contribution in [3.05, 3.63) is 21.9 Å². The average Bonchev–Trinajstić information content (AvgIpc) is 2.96. The Morgan fingerprint density at radius 2 is 2.24 bits per heavy atom. The molecule has 0 aromatic carbocycles. The average molecular weight is 311 g/mol. The number of likely N-dealkylation sites (tertiary alicyclic amines) is 1. The number of carbonyl (C=O) groups excluding carboxylic acids is 1. The fourth-order valence-electron chi connectivity index (χ4n) is 2.87. The molecular formula is C16H25NO3S. The number of carbonyl (C=O) groups is 1. The van der Waals surface area contributed by atoms with E-state index in [4.69, 9.17) is 9.47 Å². The van der Waals surface area contributed by atoms with Crippen LogP contribution in [0.1, 0.15) is 40.2 Å². The SMILES string of the molecule is COCCC[C@H]1CCCN(C(=O)c2ccc(COC)s2)C1. The van der Waals surface area contributed by atoms with E-state index in [0.717, 1.165) is 48.7 Å². The number of nitrogens with zero attached hydrogens (tertiary/aromatic N) is 1. The Balaban J connectivity index is 1.88. The summed E-state index contributed by atoms with van der Waals surface area (Å²) in [7, 11) is 3.42. The van der Waals surface area contributed by atoms with E-state index >= 15 is 0 Å². The second-order valence-corrected chi connectivity index (χ2v) is 6.76. The Hall–Kier alpha value is -0.910. The Kier molecular flexibility index (Phi) is 6.67. The first-order valence-electron chi connectivity index (χ1n) is 7.60. The standard InChI is InChI=1S/C16H25NO3S/c1-19-10-4-6-13-5-3-9-17(11-13)16(18)15-8-7-14(21-15)12-20-2/h7-8,13H,3-6,9-12H2,1-2H3/t13-/m1/s1. The van der Waals surface area contributed by atoms with Gasteiger partial charge in [-0.25, -0.2) is 0 Å². The summed E-state index contributed by atoms with van der Waals surface area (Å²) < 4.78 is 10.2. The van der Waals surface area contributed by atoms with Crippen LogP contribution in [0.25, 0.3) is 0 Å². The van der Waals surface area contributed by atoms with Crippen molar-refractivity contribution < 1.29 is 14.3 Å². The fraction of sp³-hybridized carbons (Fsp3) is 0.688. The van der Waals surface area contributed by atoms with Gasteiger partial charge in [-0.3, -0.25) is 4.79 Å². The molecule has 2 heterocycles. The first kappa shape index (κ1) is 16.5. The molecular weight excluding hydrogens is 286 g/mol. The maximum absolute atomic E-state index is 12.6. The molecule has 1 atom stereocenters. The Bertz CT molecular complexity index is 446. The van der Waals surface area contributed by atoms with Crippen molar-refractivity contribution in [3.63, 3.8) is 0 Å². The Morgan fingerprint density at radius 1 is 1.38 bits per heavy atom. The minimum Gasteiger partial charge on any atom is -0.385 e. The van der Waals surface area contributed by atoms with Crippen LogP contribution in [0.4, 0.5) is 0 Å². The first-order chi connectivity index (χ1) is 10.2. The zero-order valence-corrected chi connectivity index (χ0v) is 13.8. The highest BCUT2D eigenvalue weighted by molar-refractivity contribution is 7.14. The van der Waals surface area contributed by atoms with Crippen LogP contribution in [0.3, 0.4) is 0 Å².